The third-order valence-electron chi connectivity index (χ3n) is 2.04. The number of rotatable bonds is 2. The highest BCUT2D eigenvalue weighted by Crippen LogP contribution is 2.26. The van der Waals surface area contributed by atoms with Crippen LogP contribution in [0.4, 0.5) is 0 Å². The van der Waals surface area contributed by atoms with Gasteiger partial charge in [-0.15, -0.1) is 11.3 Å². The Morgan fingerprint density at radius 2 is 2.27 bits per heavy atom. The summed E-state index contributed by atoms with van der Waals surface area (Å²) in [5.41, 5.74) is 2.24. The summed E-state index contributed by atoms with van der Waals surface area (Å²) in [5.74, 6) is 0. The van der Waals surface area contributed by atoms with Crippen LogP contribution in [0.2, 0.25) is 5.02 Å². The van der Waals surface area contributed by atoms with Crippen molar-refractivity contribution in [2.45, 2.75) is 6.92 Å². The monoisotopic (exact) mass is 237 g/mol. The van der Waals surface area contributed by atoms with Gasteiger partial charge in [0.2, 0.25) is 0 Å². The Labute approximate surface area is 96.5 Å². The number of benzene rings is 1. The maximum atomic E-state index is 10.9. The molecule has 0 radical (unpaired) electrons. The fourth-order valence-corrected chi connectivity index (χ4v) is 2.14. The van der Waals surface area contributed by atoms with E-state index >= 15 is 0 Å². The molecule has 0 atom stereocenters. The second-order valence-corrected chi connectivity index (χ2v) is 4.60. The number of hydrogen-bond acceptors (Lipinski definition) is 3. The molecule has 0 fully saturated rings. The van der Waals surface area contributed by atoms with Gasteiger partial charge in [0.15, 0.2) is 6.29 Å². The van der Waals surface area contributed by atoms with Crippen LogP contribution in [-0.4, -0.2) is 11.3 Å². The first-order chi connectivity index (χ1) is 7.20. The Hall–Kier alpha value is -1.19. The summed E-state index contributed by atoms with van der Waals surface area (Å²) in [6.07, 6.45) is 0.801. The summed E-state index contributed by atoms with van der Waals surface area (Å²) in [6.45, 7) is 1.94. The number of aryl methyl sites for hydroxylation is 1. The molecule has 0 unspecified atom stereocenters. The second-order valence-electron chi connectivity index (χ2n) is 3.10. The van der Waals surface area contributed by atoms with Gasteiger partial charge in [0, 0.05) is 21.5 Å². The van der Waals surface area contributed by atoms with Crippen LogP contribution in [0.25, 0.3) is 11.3 Å². The van der Waals surface area contributed by atoms with Crippen molar-refractivity contribution in [3.8, 4) is 11.3 Å². The quantitative estimate of drug-likeness (QED) is 0.748. The molecule has 0 aliphatic rings. The molecule has 1 aromatic carbocycles. The van der Waals surface area contributed by atoms with Crippen molar-refractivity contribution in [2.75, 3.05) is 0 Å². The fourth-order valence-electron chi connectivity index (χ4n) is 1.35. The van der Waals surface area contributed by atoms with Crippen molar-refractivity contribution in [2.24, 2.45) is 0 Å². The molecule has 0 aliphatic carbocycles. The lowest BCUT2D eigenvalue weighted by atomic mass is 10.1. The molecule has 1 heterocycles. The molecular formula is C11H8ClNOS. The van der Waals surface area contributed by atoms with Crippen molar-refractivity contribution < 1.29 is 4.79 Å². The molecule has 0 aliphatic heterocycles. The lowest BCUT2D eigenvalue weighted by Gasteiger charge is -2.01. The third kappa shape index (κ3) is 2.08. The van der Waals surface area contributed by atoms with E-state index in [-0.39, 0.29) is 0 Å². The van der Waals surface area contributed by atoms with Crippen LogP contribution >= 0.6 is 22.9 Å². The minimum Gasteiger partial charge on any atom is -0.298 e. The number of thiazole rings is 1. The number of hydrogen-bond donors (Lipinski definition) is 0. The molecule has 4 heteroatoms. The molecule has 15 heavy (non-hydrogen) atoms. The first kappa shape index (κ1) is 10.3. The van der Waals surface area contributed by atoms with Crippen molar-refractivity contribution in [1.29, 1.82) is 0 Å². The summed E-state index contributed by atoms with van der Waals surface area (Å²) >= 11 is 7.37. The summed E-state index contributed by atoms with van der Waals surface area (Å²) in [4.78, 5) is 15.2. The van der Waals surface area contributed by atoms with E-state index in [1.807, 2.05) is 18.4 Å². The van der Waals surface area contributed by atoms with E-state index in [4.69, 9.17) is 11.6 Å². The average Bonchev–Trinajstić information content (AvgIpc) is 2.64. The smallest absolute Gasteiger partial charge is 0.150 e. The Morgan fingerprint density at radius 3 is 2.87 bits per heavy atom. The summed E-state index contributed by atoms with van der Waals surface area (Å²) < 4.78 is 0. The minimum absolute atomic E-state index is 0.563. The molecule has 2 nitrogen and oxygen atoms in total. The number of aromatic nitrogens is 1. The minimum atomic E-state index is 0.563. The zero-order chi connectivity index (χ0) is 10.8. The van der Waals surface area contributed by atoms with Gasteiger partial charge in [-0.25, -0.2) is 4.98 Å². The van der Waals surface area contributed by atoms with Gasteiger partial charge in [-0.3, -0.25) is 4.79 Å². The van der Waals surface area contributed by atoms with Gasteiger partial charge in [0.05, 0.1) is 10.7 Å². The summed E-state index contributed by atoms with van der Waals surface area (Å²) in [7, 11) is 0. The Balaban J connectivity index is 2.57. The zero-order valence-electron chi connectivity index (χ0n) is 8.03. The van der Waals surface area contributed by atoms with E-state index < -0.39 is 0 Å². The lowest BCUT2D eigenvalue weighted by Crippen LogP contribution is -1.87. The molecular weight excluding hydrogens is 230 g/mol. The Kier molecular flexibility index (Phi) is 2.84. The zero-order valence-corrected chi connectivity index (χ0v) is 9.60. The van der Waals surface area contributed by atoms with E-state index in [0.717, 1.165) is 22.6 Å². The number of carbonyl (C=O) groups is 1. The number of halogens is 1. The van der Waals surface area contributed by atoms with Crippen LogP contribution in [0.1, 0.15) is 15.4 Å². The van der Waals surface area contributed by atoms with E-state index in [1.165, 1.54) is 0 Å². The molecule has 1 aromatic heterocycles. The van der Waals surface area contributed by atoms with Gasteiger partial charge in [0.1, 0.15) is 0 Å². The topological polar surface area (TPSA) is 30.0 Å². The molecule has 0 saturated heterocycles. The van der Waals surface area contributed by atoms with Gasteiger partial charge in [-0.1, -0.05) is 17.7 Å². The van der Waals surface area contributed by atoms with Crippen molar-refractivity contribution in [3.63, 3.8) is 0 Å². The van der Waals surface area contributed by atoms with Gasteiger partial charge in [-0.05, 0) is 19.1 Å². The molecule has 0 bridgehead atoms. The van der Waals surface area contributed by atoms with E-state index in [1.54, 1.807) is 23.5 Å². The fraction of sp³-hybridized carbons (Fsp3) is 0.0909. The Bertz CT molecular complexity index is 507. The van der Waals surface area contributed by atoms with Crippen LogP contribution < -0.4 is 0 Å². The molecule has 0 N–H and O–H groups in total. The number of nitrogens with zero attached hydrogens (tertiary/aromatic N) is 1. The number of aldehydes is 1. The van der Waals surface area contributed by atoms with Crippen LogP contribution in [0.5, 0.6) is 0 Å². The predicted molar refractivity (Wildman–Crippen MR) is 62.7 cm³/mol. The van der Waals surface area contributed by atoms with Crippen LogP contribution in [0.3, 0.4) is 0 Å². The van der Waals surface area contributed by atoms with Crippen molar-refractivity contribution >= 4 is 29.2 Å². The SMILES string of the molecule is Cc1nc(-c2ccc(Cl)cc2C=O)cs1. The normalized spacial score (nSPS) is 10.3. The van der Waals surface area contributed by atoms with Gasteiger partial charge in [-0.2, -0.15) is 0 Å². The summed E-state index contributed by atoms with van der Waals surface area (Å²) in [6, 6.07) is 5.23. The maximum Gasteiger partial charge on any atom is 0.150 e. The van der Waals surface area contributed by atoms with E-state index in [2.05, 4.69) is 4.98 Å². The Morgan fingerprint density at radius 1 is 1.47 bits per heavy atom. The van der Waals surface area contributed by atoms with Crippen LogP contribution in [0.15, 0.2) is 23.6 Å². The lowest BCUT2D eigenvalue weighted by molar-refractivity contribution is 0.112. The van der Waals surface area contributed by atoms with Crippen LogP contribution in [-0.2, 0) is 0 Å². The number of carbonyl (C=O) groups excluding carboxylic acids is 1. The van der Waals surface area contributed by atoms with Gasteiger partial charge in [0.25, 0.3) is 0 Å². The predicted octanol–water partition coefficient (Wildman–Crippen LogP) is 3.58. The second kappa shape index (κ2) is 4.13. The standard InChI is InChI=1S/C11H8ClNOS/c1-7-13-11(6-15-7)10-3-2-9(12)4-8(10)5-14/h2-6H,1H3. The highest BCUT2D eigenvalue weighted by atomic mass is 35.5. The van der Waals surface area contributed by atoms with Crippen LogP contribution in [0, 0.1) is 6.92 Å². The van der Waals surface area contributed by atoms with E-state index in [0.29, 0.717) is 10.6 Å². The van der Waals surface area contributed by atoms with E-state index in [9.17, 15) is 4.79 Å². The van der Waals surface area contributed by atoms with Crippen molar-refractivity contribution in [3.05, 3.63) is 39.2 Å². The molecule has 0 spiro atoms. The molecule has 0 amide bonds. The summed E-state index contributed by atoms with van der Waals surface area (Å²) in [5, 5.41) is 3.48. The van der Waals surface area contributed by atoms with Gasteiger partial charge >= 0.3 is 0 Å². The first-order valence-electron chi connectivity index (χ1n) is 4.38. The molecule has 76 valence electrons. The average molecular weight is 238 g/mol. The highest BCUT2D eigenvalue weighted by Gasteiger charge is 2.07. The highest BCUT2D eigenvalue weighted by molar-refractivity contribution is 7.09. The largest absolute Gasteiger partial charge is 0.298 e. The van der Waals surface area contributed by atoms with Gasteiger partial charge < -0.3 is 0 Å². The van der Waals surface area contributed by atoms with Crippen molar-refractivity contribution in [1.82, 2.24) is 4.98 Å². The first-order valence-corrected chi connectivity index (χ1v) is 5.63. The molecule has 2 rings (SSSR count). The maximum absolute atomic E-state index is 10.9. The molecule has 2 aromatic rings. The third-order valence-corrected chi connectivity index (χ3v) is 3.04. The molecule has 0 saturated carbocycles.